The number of methoxy groups -OCH3 is 2. The van der Waals surface area contributed by atoms with Crippen molar-refractivity contribution in [3.8, 4) is 22.6 Å². The molecule has 2 aromatic rings. The van der Waals surface area contributed by atoms with Crippen molar-refractivity contribution in [2.45, 2.75) is 75.5 Å². The number of hydrogen-bond donors (Lipinski definition) is 0. The van der Waals surface area contributed by atoms with Crippen LogP contribution in [0.1, 0.15) is 64.2 Å². The van der Waals surface area contributed by atoms with Crippen LogP contribution in [0.2, 0.25) is 0 Å². The van der Waals surface area contributed by atoms with Gasteiger partial charge < -0.3 is 9.47 Å². The Morgan fingerprint density at radius 3 is 1.90 bits per heavy atom. The average molecular weight is 443 g/mol. The van der Waals surface area contributed by atoms with Crippen molar-refractivity contribution in [1.82, 2.24) is 0 Å². The highest BCUT2D eigenvalue weighted by molar-refractivity contribution is 7.55. The van der Waals surface area contributed by atoms with E-state index in [2.05, 4.69) is 36.4 Å². The molecule has 2 atom stereocenters. The molecule has 2 aliphatic carbocycles. The SMILES string of the molecule is COc1ccccc1-c1c(OC)ccc(PC2CCCCC2)c1PC1CCCCC1. The second-order valence-electron chi connectivity index (χ2n) is 8.72. The van der Waals surface area contributed by atoms with Crippen LogP contribution in [0.5, 0.6) is 11.5 Å². The van der Waals surface area contributed by atoms with Crippen molar-refractivity contribution in [3.63, 3.8) is 0 Å². The Balaban J connectivity index is 1.79. The third-order valence-corrected chi connectivity index (χ3v) is 10.4. The Morgan fingerprint density at radius 2 is 1.27 bits per heavy atom. The van der Waals surface area contributed by atoms with Crippen molar-refractivity contribution in [1.29, 1.82) is 0 Å². The number of rotatable bonds is 7. The molecule has 162 valence electrons. The molecule has 0 aromatic heterocycles. The summed E-state index contributed by atoms with van der Waals surface area (Å²) in [7, 11) is 5.38. The van der Waals surface area contributed by atoms with E-state index in [-0.39, 0.29) is 0 Å². The van der Waals surface area contributed by atoms with E-state index in [0.717, 1.165) is 40.0 Å². The molecule has 0 radical (unpaired) electrons. The Bertz CT molecular complexity index is 824. The van der Waals surface area contributed by atoms with E-state index < -0.39 is 0 Å². The second kappa shape index (κ2) is 11.0. The van der Waals surface area contributed by atoms with Crippen molar-refractivity contribution in [2.24, 2.45) is 0 Å². The lowest BCUT2D eigenvalue weighted by Gasteiger charge is -2.28. The fraction of sp³-hybridized carbons (Fsp3) is 0.538. The highest BCUT2D eigenvalue weighted by Gasteiger charge is 2.24. The first-order chi connectivity index (χ1) is 14.8. The molecule has 2 aromatic carbocycles. The lowest BCUT2D eigenvalue weighted by molar-refractivity contribution is 0.410. The third kappa shape index (κ3) is 5.20. The number of benzene rings is 2. The molecule has 0 amide bonds. The Kier molecular flexibility index (Phi) is 8.08. The maximum atomic E-state index is 5.93. The van der Waals surface area contributed by atoms with Crippen LogP contribution < -0.4 is 20.1 Å². The number of hydrogen-bond acceptors (Lipinski definition) is 2. The van der Waals surface area contributed by atoms with Gasteiger partial charge in [0.2, 0.25) is 0 Å². The monoisotopic (exact) mass is 442 g/mol. The topological polar surface area (TPSA) is 18.5 Å². The summed E-state index contributed by atoms with van der Waals surface area (Å²) in [6.07, 6.45) is 14.0. The normalized spacial score (nSPS) is 19.1. The fourth-order valence-electron chi connectivity index (χ4n) is 5.06. The standard InChI is InChI=1S/C26H36O2P2/c1-27-22-16-10-9-15-21(22)25-23(28-2)17-18-24(29-19-11-5-3-6-12-19)26(25)30-20-13-7-4-8-14-20/h9-10,15-20,29-30H,3-8,11-14H2,1-2H3. The zero-order valence-electron chi connectivity index (χ0n) is 18.5. The molecule has 2 aliphatic rings. The van der Waals surface area contributed by atoms with Gasteiger partial charge in [-0.1, -0.05) is 80.0 Å². The van der Waals surface area contributed by atoms with Gasteiger partial charge in [0, 0.05) is 11.1 Å². The van der Waals surface area contributed by atoms with Gasteiger partial charge in [-0.2, -0.15) is 0 Å². The lowest BCUT2D eigenvalue weighted by atomic mass is 10.0. The van der Waals surface area contributed by atoms with Gasteiger partial charge in [0.25, 0.3) is 0 Å². The molecule has 2 saturated carbocycles. The Hall–Kier alpha value is -1.10. The summed E-state index contributed by atoms with van der Waals surface area (Å²) in [5, 5.41) is 3.15. The minimum Gasteiger partial charge on any atom is -0.496 e. The largest absolute Gasteiger partial charge is 0.496 e. The molecule has 2 unspecified atom stereocenters. The van der Waals surface area contributed by atoms with Crippen LogP contribution in [0.15, 0.2) is 36.4 Å². The van der Waals surface area contributed by atoms with Crippen LogP contribution in [0.4, 0.5) is 0 Å². The summed E-state index contributed by atoms with van der Waals surface area (Å²) < 4.78 is 11.7. The molecular weight excluding hydrogens is 406 g/mol. The summed E-state index contributed by atoms with van der Waals surface area (Å²) in [4.78, 5) is 0. The minimum atomic E-state index is 0.828. The van der Waals surface area contributed by atoms with Gasteiger partial charge in [0.05, 0.1) is 14.2 Å². The fourth-order valence-corrected chi connectivity index (χ4v) is 8.83. The first kappa shape index (κ1) is 22.1. The predicted molar refractivity (Wildman–Crippen MR) is 135 cm³/mol. The van der Waals surface area contributed by atoms with Crippen molar-refractivity contribution < 1.29 is 9.47 Å². The molecule has 2 nitrogen and oxygen atoms in total. The predicted octanol–water partition coefficient (Wildman–Crippen LogP) is 6.64. The third-order valence-electron chi connectivity index (χ3n) is 6.68. The summed E-state index contributed by atoms with van der Waals surface area (Å²) in [6.45, 7) is 0. The minimum absolute atomic E-state index is 0.828. The summed E-state index contributed by atoms with van der Waals surface area (Å²) in [5.41, 5.74) is 4.17. The number of para-hydroxylation sites is 1. The molecular formula is C26H36O2P2. The Morgan fingerprint density at radius 1 is 0.667 bits per heavy atom. The molecule has 0 heterocycles. The number of ether oxygens (including phenoxy) is 2. The van der Waals surface area contributed by atoms with Crippen LogP contribution >= 0.6 is 17.2 Å². The van der Waals surface area contributed by atoms with Crippen LogP contribution in [-0.2, 0) is 0 Å². The van der Waals surface area contributed by atoms with Gasteiger partial charge in [-0.15, -0.1) is 0 Å². The highest BCUT2D eigenvalue weighted by Crippen LogP contribution is 2.43. The van der Waals surface area contributed by atoms with E-state index in [1.165, 1.54) is 75.3 Å². The van der Waals surface area contributed by atoms with E-state index in [1.54, 1.807) is 17.7 Å². The molecule has 0 N–H and O–H groups in total. The van der Waals surface area contributed by atoms with Gasteiger partial charge >= 0.3 is 0 Å². The summed E-state index contributed by atoms with van der Waals surface area (Å²) in [6, 6.07) is 13.1. The van der Waals surface area contributed by atoms with Gasteiger partial charge in [0.15, 0.2) is 0 Å². The summed E-state index contributed by atoms with van der Waals surface area (Å²) in [5.74, 6) is 1.94. The van der Waals surface area contributed by atoms with Crippen molar-refractivity contribution in [2.75, 3.05) is 14.2 Å². The Labute approximate surface area is 186 Å². The zero-order valence-corrected chi connectivity index (χ0v) is 20.5. The van der Waals surface area contributed by atoms with Crippen LogP contribution in [0, 0.1) is 0 Å². The molecule has 0 bridgehead atoms. The molecule has 4 rings (SSSR count). The first-order valence-corrected chi connectivity index (χ1v) is 13.8. The molecule has 0 saturated heterocycles. The molecule has 4 heteroatoms. The average Bonchev–Trinajstić information content (AvgIpc) is 2.81. The smallest absolute Gasteiger partial charge is 0.127 e. The second-order valence-corrected chi connectivity index (χ2v) is 12.0. The van der Waals surface area contributed by atoms with Gasteiger partial charge in [-0.3, -0.25) is 0 Å². The maximum Gasteiger partial charge on any atom is 0.127 e. The lowest BCUT2D eigenvalue weighted by Crippen LogP contribution is -2.25. The van der Waals surface area contributed by atoms with Crippen molar-refractivity contribution in [3.05, 3.63) is 36.4 Å². The highest BCUT2D eigenvalue weighted by atomic mass is 31.1. The maximum absolute atomic E-state index is 5.93. The van der Waals surface area contributed by atoms with E-state index in [0.29, 0.717) is 0 Å². The molecule has 0 spiro atoms. The van der Waals surface area contributed by atoms with Gasteiger partial charge in [-0.05, 0) is 59.7 Å². The van der Waals surface area contributed by atoms with Crippen LogP contribution in [-0.4, -0.2) is 25.5 Å². The van der Waals surface area contributed by atoms with Gasteiger partial charge in [-0.25, -0.2) is 0 Å². The molecule has 30 heavy (non-hydrogen) atoms. The quantitative estimate of drug-likeness (QED) is 0.447. The van der Waals surface area contributed by atoms with Crippen LogP contribution in [0.25, 0.3) is 11.1 Å². The van der Waals surface area contributed by atoms with Crippen molar-refractivity contribution >= 4 is 27.8 Å². The van der Waals surface area contributed by atoms with Gasteiger partial charge in [0.1, 0.15) is 11.5 Å². The van der Waals surface area contributed by atoms with E-state index >= 15 is 0 Å². The summed E-state index contributed by atoms with van der Waals surface area (Å²) >= 11 is 0. The first-order valence-electron chi connectivity index (χ1n) is 11.7. The van der Waals surface area contributed by atoms with E-state index in [4.69, 9.17) is 9.47 Å². The van der Waals surface area contributed by atoms with E-state index in [9.17, 15) is 0 Å². The van der Waals surface area contributed by atoms with E-state index in [1.807, 2.05) is 7.11 Å². The zero-order chi connectivity index (χ0) is 20.8. The van der Waals surface area contributed by atoms with Crippen LogP contribution in [0.3, 0.4) is 0 Å². The molecule has 2 fully saturated rings. The molecule has 0 aliphatic heterocycles.